The van der Waals surface area contributed by atoms with Crippen molar-refractivity contribution in [2.24, 2.45) is 4.99 Å². The molecule has 0 atom stereocenters. The van der Waals surface area contributed by atoms with Crippen LogP contribution in [0.25, 0.3) is 0 Å². The molecule has 1 aromatic carbocycles. The van der Waals surface area contributed by atoms with Gasteiger partial charge in [0.15, 0.2) is 5.96 Å². The maximum Gasteiger partial charge on any atom is 0.194 e. The van der Waals surface area contributed by atoms with Gasteiger partial charge in [0.25, 0.3) is 0 Å². The zero-order valence-corrected chi connectivity index (χ0v) is 20.2. The molecule has 1 N–H and O–H groups in total. The second-order valence-corrected chi connectivity index (χ2v) is 9.05. The van der Waals surface area contributed by atoms with Crippen LogP contribution in [0.1, 0.15) is 12.5 Å². The van der Waals surface area contributed by atoms with Gasteiger partial charge in [-0.15, -0.1) is 24.0 Å². The molecule has 160 valence electrons. The van der Waals surface area contributed by atoms with E-state index in [-0.39, 0.29) is 36.3 Å². The number of sulfone groups is 1. The van der Waals surface area contributed by atoms with Crippen LogP contribution in [0.3, 0.4) is 0 Å². The average molecular weight is 524 g/mol. The van der Waals surface area contributed by atoms with E-state index in [4.69, 9.17) is 4.74 Å². The van der Waals surface area contributed by atoms with Crippen molar-refractivity contribution in [2.45, 2.75) is 13.8 Å². The highest BCUT2D eigenvalue weighted by Gasteiger charge is 2.19. The molecule has 2 rings (SSSR count). The number of nitrogens with zero attached hydrogens (tertiary/aromatic N) is 3. The van der Waals surface area contributed by atoms with Gasteiger partial charge in [0.1, 0.15) is 9.84 Å². The zero-order chi connectivity index (χ0) is 19.7. The molecule has 1 aliphatic heterocycles. The van der Waals surface area contributed by atoms with Gasteiger partial charge >= 0.3 is 0 Å². The van der Waals surface area contributed by atoms with E-state index in [1.165, 1.54) is 17.5 Å². The molecule has 0 saturated carbocycles. The molecular formula is C19H33IN4O3S. The van der Waals surface area contributed by atoms with Crippen LogP contribution in [-0.4, -0.2) is 83.8 Å². The normalized spacial score (nSPS) is 15.3. The minimum atomic E-state index is -2.97. The lowest BCUT2D eigenvalue weighted by Gasteiger charge is -2.37. The first kappa shape index (κ1) is 25.0. The lowest BCUT2D eigenvalue weighted by molar-refractivity contribution is 0.157. The number of anilines is 1. The van der Waals surface area contributed by atoms with Crippen LogP contribution >= 0.6 is 24.0 Å². The van der Waals surface area contributed by atoms with Gasteiger partial charge in [-0.05, 0) is 31.5 Å². The Hall–Kier alpha value is -1.07. The Morgan fingerprint density at radius 1 is 1.21 bits per heavy atom. The first-order chi connectivity index (χ1) is 12.9. The Morgan fingerprint density at radius 2 is 1.93 bits per heavy atom. The van der Waals surface area contributed by atoms with E-state index in [0.29, 0.717) is 13.2 Å². The van der Waals surface area contributed by atoms with Gasteiger partial charge < -0.3 is 19.9 Å². The van der Waals surface area contributed by atoms with Crippen LogP contribution in [0.15, 0.2) is 29.3 Å². The summed E-state index contributed by atoms with van der Waals surface area (Å²) >= 11 is 0. The Kier molecular flexibility index (Phi) is 11.1. The van der Waals surface area contributed by atoms with E-state index in [1.54, 1.807) is 0 Å². The van der Waals surface area contributed by atoms with Crippen LogP contribution in [0, 0.1) is 6.92 Å². The molecule has 0 radical (unpaired) electrons. The number of aliphatic imine (C=N–C) groups is 1. The van der Waals surface area contributed by atoms with Gasteiger partial charge in [0.2, 0.25) is 0 Å². The van der Waals surface area contributed by atoms with Crippen molar-refractivity contribution in [3.63, 3.8) is 0 Å². The fourth-order valence-electron chi connectivity index (χ4n) is 2.96. The molecule has 0 aliphatic carbocycles. The molecule has 0 spiro atoms. The minimum absolute atomic E-state index is 0. The highest BCUT2D eigenvalue weighted by molar-refractivity contribution is 14.0. The number of aryl methyl sites for hydroxylation is 1. The standard InChI is InChI=1S/C19H32N4O3S.HI/c1-4-20-19(21-8-13-26-14-15-27(3,24)25)23-11-9-22(10-12-23)18-7-5-6-17(2)16-18;/h5-7,16H,4,8-15H2,1-3H3,(H,20,21);1H. The Bertz CT molecular complexity index is 720. The molecular weight excluding hydrogens is 491 g/mol. The molecule has 0 amide bonds. The molecule has 0 bridgehead atoms. The fourth-order valence-corrected chi connectivity index (χ4v) is 3.38. The van der Waals surface area contributed by atoms with Gasteiger partial charge in [0.05, 0.1) is 25.5 Å². The summed E-state index contributed by atoms with van der Waals surface area (Å²) in [7, 11) is -2.97. The highest BCUT2D eigenvalue weighted by atomic mass is 127. The van der Waals surface area contributed by atoms with E-state index in [2.05, 4.69) is 58.2 Å². The average Bonchev–Trinajstić information content (AvgIpc) is 2.63. The first-order valence-corrected chi connectivity index (χ1v) is 11.6. The largest absolute Gasteiger partial charge is 0.378 e. The third-order valence-electron chi connectivity index (χ3n) is 4.38. The molecule has 0 aromatic heterocycles. The molecule has 1 fully saturated rings. The van der Waals surface area contributed by atoms with E-state index >= 15 is 0 Å². The topological polar surface area (TPSA) is 74.2 Å². The molecule has 28 heavy (non-hydrogen) atoms. The zero-order valence-electron chi connectivity index (χ0n) is 17.1. The van der Waals surface area contributed by atoms with E-state index in [9.17, 15) is 8.42 Å². The van der Waals surface area contributed by atoms with Crippen molar-refractivity contribution in [1.29, 1.82) is 0 Å². The van der Waals surface area contributed by atoms with Crippen LogP contribution in [-0.2, 0) is 14.6 Å². The van der Waals surface area contributed by atoms with Gasteiger partial charge in [-0.2, -0.15) is 0 Å². The summed E-state index contributed by atoms with van der Waals surface area (Å²) in [5.41, 5.74) is 2.55. The van der Waals surface area contributed by atoms with E-state index in [1.807, 2.05) is 0 Å². The molecule has 1 saturated heterocycles. The van der Waals surface area contributed by atoms with E-state index in [0.717, 1.165) is 38.7 Å². The summed E-state index contributed by atoms with van der Waals surface area (Å²) in [5, 5.41) is 3.34. The van der Waals surface area contributed by atoms with Crippen LogP contribution in [0.2, 0.25) is 0 Å². The summed E-state index contributed by atoms with van der Waals surface area (Å²) in [4.78, 5) is 9.30. The summed E-state index contributed by atoms with van der Waals surface area (Å²) in [6.45, 7) is 9.89. The minimum Gasteiger partial charge on any atom is -0.378 e. The van der Waals surface area contributed by atoms with Crippen molar-refractivity contribution in [3.05, 3.63) is 29.8 Å². The number of hydrogen-bond acceptors (Lipinski definition) is 5. The molecule has 1 heterocycles. The fraction of sp³-hybridized carbons (Fsp3) is 0.632. The Balaban J connectivity index is 0.00000392. The summed E-state index contributed by atoms with van der Waals surface area (Å²) in [5.74, 6) is 0.950. The van der Waals surface area contributed by atoms with E-state index < -0.39 is 9.84 Å². The quantitative estimate of drug-likeness (QED) is 0.242. The van der Waals surface area contributed by atoms with Crippen molar-refractivity contribution in [3.8, 4) is 0 Å². The number of hydrogen-bond donors (Lipinski definition) is 1. The van der Waals surface area contributed by atoms with Crippen molar-refractivity contribution in [2.75, 3.05) is 69.4 Å². The Morgan fingerprint density at radius 3 is 2.54 bits per heavy atom. The number of rotatable bonds is 8. The Labute approximate surface area is 186 Å². The smallest absolute Gasteiger partial charge is 0.194 e. The number of piperazine rings is 1. The summed E-state index contributed by atoms with van der Waals surface area (Å²) < 4.78 is 27.5. The van der Waals surface area contributed by atoms with Gasteiger partial charge in [-0.3, -0.25) is 4.99 Å². The van der Waals surface area contributed by atoms with Gasteiger partial charge in [-0.25, -0.2) is 8.42 Å². The summed E-state index contributed by atoms with van der Waals surface area (Å²) in [6.07, 6.45) is 1.22. The lowest BCUT2D eigenvalue weighted by Crippen LogP contribution is -2.52. The number of ether oxygens (including phenoxy) is 1. The highest BCUT2D eigenvalue weighted by Crippen LogP contribution is 2.17. The van der Waals surface area contributed by atoms with Crippen LogP contribution in [0.4, 0.5) is 5.69 Å². The predicted molar refractivity (Wildman–Crippen MR) is 127 cm³/mol. The number of nitrogens with one attached hydrogen (secondary N) is 1. The molecule has 1 aliphatic rings. The molecule has 9 heteroatoms. The molecule has 7 nitrogen and oxygen atoms in total. The van der Waals surface area contributed by atoms with Gasteiger partial charge in [-0.1, -0.05) is 12.1 Å². The molecule has 1 aromatic rings. The van der Waals surface area contributed by atoms with Crippen molar-refractivity contribution >= 4 is 45.5 Å². The number of benzene rings is 1. The van der Waals surface area contributed by atoms with Crippen molar-refractivity contribution < 1.29 is 13.2 Å². The van der Waals surface area contributed by atoms with Crippen LogP contribution in [0.5, 0.6) is 0 Å². The first-order valence-electron chi connectivity index (χ1n) is 9.49. The monoisotopic (exact) mass is 524 g/mol. The third kappa shape index (κ3) is 8.95. The SMILES string of the molecule is CCNC(=NCCOCCS(C)(=O)=O)N1CCN(c2cccc(C)c2)CC1.I. The maximum absolute atomic E-state index is 11.1. The number of halogens is 1. The summed E-state index contributed by atoms with van der Waals surface area (Å²) in [6, 6.07) is 8.61. The van der Waals surface area contributed by atoms with Crippen LogP contribution < -0.4 is 10.2 Å². The second kappa shape index (κ2) is 12.5. The third-order valence-corrected chi connectivity index (χ3v) is 5.28. The maximum atomic E-state index is 11.1. The lowest BCUT2D eigenvalue weighted by atomic mass is 10.2. The second-order valence-electron chi connectivity index (χ2n) is 6.79. The van der Waals surface area contributed by atoms with Crippen molar-refractivity contribution in [1.82, 2.24) is 10.2 Å². The van der Waals surface area contributed by atoms with Gasteiger partial charge in [0, 0.05) is 44.7 Å². The predicted octanol–water partition coefficient (Wildman–Crippen LogP) is 1.76. The molecule has 0 unspecified atom stereocenters. The number of guanidine groups is 1.